The van der Waals surface area contributed by atoms with Crippen molar-refractivity contribution in [3.05, 3.63) is 93.0 Å². The number of carbonyl (C=O) groups is 2. The Morgan fingerprint density at radius 3 is 2.37 bits per heavy atom. The molecule has 0 heterocycles. The number of anilines is 1. The Bertz CT molecular complexity index is 1530. The minimum absolute atomic E-state index is 0.0299. The van der Waals surface area contributed by atoms with E-state index in [1.807, 2.05) is 6.07 Å². The first-order valence-corrected chi connectivity index (χ1v) is 14.4. The van der Waals surface area contributed by atoms with Crippen LogP contribution >= 0.6 is 11.6 Å². The highest BCUT2D eigenvalue weighted by Crippen LogP contribution is 2.36. The van der Waals surface area contributed by atoms with Gasteiger partial charge in [-0.25, -0.2) is 8.42 Å². The molecule has 0 aliphatic rings. The Kier molecular flexibility index (Phi) is 10.3. The summed E-state index contributed by atoms with van der Waals surface area (Å²) in [5.74, 6) is -1.00. The molecule has 2 amide bonds. The number of benzene rings is 3. The van der Waals surface area contributed by atoms with Crippen molar-refractivity contribution < 1.29 is 27.7 Å². The van der Waals surface area contributed by atoms with E-state index in [-0.39, 0.29) is 35.0 Å². The third kappa shape index (κ3) is 7.14. The number of nitrogens with one attached hydrogen (secondary N) is 1. The van der Waals surface area contributed by atoms with Gasteiger partial charge in [0.15, 0.2) is 0 Å². The quantitative estimate of drug-likeness (QED) is 0.241. The van der Waals surface area contributed by atoms with Gasteiger partial charge in [0, 0.05) is 30.2 Å². The molecule has 1 atom stereocenters. The summed E-state index contributed by atoms with van der Waals surface area (Å²) in [4.78, 5) is 38.6. The van der Waals surface area contributed by atoms with E-state index in [0.717, 1.165) is 15.9 Å². The zero-order valence-corrected chi connectivity index (χ0v) is 24.6. The van der Waals surface area contributed by atoms with Crippen LogP contribution in [0.3, 0.4) is 0 Å². The molecule has 0 saturated carbocycles. The third-order valence-electron chi connectivity index (χ3n) is 6.48. The molecule has 218 valence electrons. The van der Waals surface area contributed by atoms with Gasteiger partial charge in [0.05, 0.1) is 22.6 Å². The van der Waals surface area contributed by atoms with Crippen molar-refractivity contribution in [3.8, 4) is 5.75 Å². The van der Waals surface area contributed by atoms with E-state index in [2.05, 4.69) is 5.32 Å². The standard InChI is InChI=1S/C28H31ClN4O7S/c1-5-23(28(35)30-3)31(17-20-9-7-6-8-10-20)27(34)18-32(25-15-21(29)12-14-26(25)40-4)41(38,39)22-13-11-19(2)24(16-22)33(36)37/h6-16,23H,5,17-18H2,1-4H3,(H,30,35)/t23-/m1/s1. The number of carbonyl (C=O) groups excluding carboxylic acids is 2. The molecule has 41 heavy (non-hydrogen) atoms. The number of hydrogen-bond donors (Lipinski definition) is 1. The zero-order valence-electron chi connectivity index (χ0n) is 23.0. The van der Waals surface area contributed by atoms with Crippen LogP contribution in [0.4, 0.5) is 11.4 Å². The number of halogens is 1. The molecule has 3 aromatic carbocycles. The van der Waals surface area contributed by atoms with Gasteiger partial charge >= 0.3 is 0 Å². The van der Waals surface area contributed by atoms with Gasteiger partial charge in [-0.3, -0.25) is 24.0 Å². The number of sulfonamides is 1. The summed E-state index contributed by atoms with van der Waals surface area (Å²) in [6.07, 6.45) is 0.260. The summed E-state index contributed by atoms with van der Waals surface area (Å²) in [6.45, 7) is 2.51. The highest BCUT2D eigenvalue weighted by Gasteiger charge is 2.35. The number of nitro groups is 1. The summed E-state index contributed by atoms with van der Waals surface area (Å²) < 4.78 is 34.4. The second-order valence-electron chi connectivity index (χ2n) is 9.08. The van der Waals surface area contributed by atoms with Crippen LogP contribution < -0.4 is 14.4 Å². The van der Waals surface area contributed by atoms with Gasteiger partial charge in [0.25, 0.3) is 15.7 Å². The number of hydrogen-bond acceptors (Lipinski definition) is 7. The second-order valence-corrected chi connectivity index (χ2v) is 11.4. The normalized spacial score (nSPS) is 11.8. The van der Waals surface area contributed by atoms with Gasteiger partial charge in [-0.15, -0.1) is 0 Å². The van der Waals surface area contributed by atoms with E-state index in [9.17, 15) is 28.1 Å². The average molecular weight is 603 g/mol. The van der Waals surface area contributed by atoms with Crippen LogP contribution in [-0.4, -0.2) is 56.8 Å². The maximum Gasteiger partial charge on any atom is 0.273 e. The molecular weight excluding hydrogens is 572 g/mol. The van der Waals surface area contributed by atoms with Crippen LogP contribution in [0.25, 0.3) is 0 Å². The van der Waals surface area contributed by atoms with Gasteiger partial charge in [-0.2, -0.15) is 0 Å². The lowest BCUT2D eigenvalue weighted by molar-refractivity contribution is -0.385. The molecule has 0 aliphatic carbocycles. The number of methoxy groups -OCH3 is 1. The molecule has 0 fully saturated rings. The second kappa shape index (κ2) is 13.5. The fraction of sp³-hybridized carbons (Fsp3) is 0.286. The van der Waals surface area contributed by atoms with Crippen molar-refractivity contribution in [1.29, 1.82) is 0 Å². The zero-order chi connectivity index (χ0) is 30.3. The van der Waals surface area contributed by atoms with Crippen LogP contribution in [0, 0.1) is 17.0 Å². The molecule has 0 saturated heterocycles. The van der Waals surface area contributed by atoms with E-state index in [1.54, 1.807) is 31.2 Å². The molecule has 1 N–H and O–H groups in total. The van der Waals surface area contributed by atoms with Crippen LogP contribution in [0.15, 0.2) is 71.6 Å². The van der Waals surface area contributed by atoms with E-state index < -0.39 is 49.9 Å². The molecule has 11 nitrogen and oxygen atoms in total. The largest absolute Gasteiger partial charge is 0.495 e. The first-order chi connectivity index (χ1) is 19.4. The van der Waals surface area contributed by atoms with Crippen molar-refractivity contribution in [2.45, 2.75) is 37.8 Å². The van der Waals surface area contributed by atoms with E-state index in [0.29, 0.717) is 0 Å². The van der Waals surface area contributed by atoms with Crippen LogP contribution in [-0.2, 0) is 26.2 Å². The third-order valence-corrected chi connectivity index (χ3v) is 8.47. The van der Waals surface area contributed by atoms with Gasteiger partial charge in [-0.05, 0) is 43.2 Å². The summed E-state index contributed by atoms with van der Waals surface area (Å²) in [6, 6.07) is 15.8. The monoisotopic (exact) mass is 602 g/mol. The number of likely N-dealkylation sites (N-methyl/N-ethyl adjacent to an activating group) is 1. The summed E-state index contributed by atoms with van der Waals surface area (Å²) in [7, 11) is -1.81. The van der Waals surface area contributed by atoms with Crippen molar-refractivity contribution in [3.63, 3.8) is 0 Å². The Morgan fingerprint density at radius 1 is 1.10 bits per heavy atom. The van der Waals surface area contributed by atoms with Gasteiger partial charge < -0.3 is 15.0 Å². The maximum absolute atomic E-state index is 14.1. The van der Waals surface area contributed by atoms with E-state index >= 15 is 0 Å². The topological polar surface area (TPSA) is 139 Å². The minimum atomic E-state index is -4.59. The van der Waals surface area contributed by atoms with Crippen LogP contribution in [0.1, 0.15) is 24.5 Å². The number of rotatable bonds is 12. The lowest BCUT2D eigenvalue weighted by atomic mass is 10.1. The predicted octanol–water partition coefficient (Wildman–Crippen LogP) is 4.31. The molecule has 0 unspecified atom stereocenters. The van der Waals surface area contributed by atoms with E-state index in [4.69, 9.17) is 16.3 Å². The first kappa shape index (κ1) is 31.4. The summed E-state index contributed by atoms with van der Waals surface area (Å²) >= 11 is 6.23. The van der Waals surface area contributed by atoms with Gasteiger partial charge in [0.2, 0.25) is 11.8 Å². The molecule has 0 spiro atoms. The number of nitro benzene ring substituents is 1. The molecule has 0 bridgehead atoms. The fourth-order valence-electron chi connectivity index (χ4n) is 4.31. The van der Waals surface area contributed by atoms with Gasteiger partial charge in [0.1, 0.15) is 18.3 Å². The SMILES string of the molecule is CC[C@H](C(=O)NC)N(Cc1ccccc1)C(=O)CN(c1cc(Cl)ccc1OC)S(=O)(=O)c1ccc(C)c([N+](=O)[O-])c1. The minimum Gasteiger partial charge on any atom is -0.495 e. The average Bonchev–Trinajstić information content (AvgIpc) is 2.95. The van der Waals surface area contributed by atoms with Gasteiger partial charge in [-0.1, -0.05) is 54.9 Å². The Balaban J connectivity index is 2.18. The number of aryl methyl sites for hydroxylation is 1. The smallest absolute Gasteiger partial charge is 0.273 e. The van der Waals surface area contributed by atoms with Crippen molar-refractivity contribution in [2.75, 3.05) is 25.0 Å². The Hall–Kier alpha value is -4.16. The molecule has 0 radical (unpaired) electrons. The lowest BCUT2D eigenvalue weighted by Crippen LogP contribution is -2.51. The summed E-state index contributed by atoms with van der Waals surface area (Å²) in [5.41, 5.74) is 0.547. The fourth-order valence-corrected chi connectivity index (χ4v) is 5.91. The molecule has 3 aromatic rings. The molecule has 3 rings (SSSR count). The highest BCUT2D eigenvalue weighted by molar-refractivity contribution is 7.92. The predicted molar refractivity (Wildman–Crippen MR) is 156 cm³/mol. The van der Waals surface area contributed by atoms with Crippen LogP contribution in [0.5, 0.6) is 5.75 Å². The van der Waals surface area contributed by atoms with Crippen molar-refractivity contribution in [1.82, 2.24) is 10.2 Å². The maximum atomic E-state index is 14.1. The molecule has 0 aromatic heterocycles. The molecule has 0 aliphatic heterocycles. The summed E-state index contributed by atoms with van der Waals surface area (Å²) in [5, 5.41) is 14.3. The first-order valence-electron chi connectivity index (χ1n) is 12.6. The van der Waals surface area contributed by atoms with Crippen LogP contribution in [0.2, 0.25) is 5.02 Å². The van der Waals surface area contributed by atoms with E-state index in [1.165, 1.54) is 56.3 Å². The highest BCUT2D eigenvalue weighted by atomic mass is 35.5. The Morgan fingerprint density at radius 2 is 1.78 bits per heavy atom. The number of ether oxygens (including phenoxy) is 1. The molecular formula is C28H31ClN4O7S. The number of amides is 2. The van der Waals surface area contributed by atoms with Crippen molar-refractivity contribution in [2.24, 2.45) is 0 Å². The number of nitrogens with zero attached hydrogens (tertiary/aromatic N) is 3. The Labute approximate surface area is 243 Å². The molecule has 13 heteroatoms. The van der Waals surface area contributed by atoms with Crippen molar-refractivity contribution >= 4 is 44.8 Å². The lowest BCUT2D eigenvalue weighted by Gasteiger charge is -2.33.